The smallest absolute Gasteiger partial charge is 0.291 e. The van der Waals surface area contributed by atoms with E-state index >= 15 is 0 Å². The molecule has 0 bridgehead atoms. The van der Waals surface area contributed by atoms with Gasteiger partial charge in [0.05, 0.1) is 18.1 Å². The SMILES string of the molecule is Cc1cc(-c2csc(-c3ccc(NC(=O)c4ccco4)cc3)n2)c(C)n1C[C@@H]1CCCO1. The minimum Gasteiger partial charge on any atom is -0.459 e. The van der Waals surface area contributed by atoms with Crippen LogP contribution >= 0.6 is 11.3 Å². The van der Waals surface area contributed by atoms with E-state index in [1.165, 1.54) is 23.2 Å². The first-order chi connectivity index (χ1) is 15.6. The number of aromatic nitrogens is 2. The third-order valence-electron chi connectivity index (χ3n) is 5.90. The molecule has 1 fully saturated rings. The number of rotatable bonds is 6. The molecule has 0 unspecified atom stereocenters. The minimum absolute atomic E-state index is 0.266. The molecule has 5 rings (SSSR count). The second-order valence-electron chi connectivity index (χ2n) is 8.08. The lowest BCUT2D eigenvalue weighted by atomic mass is 10.2. The molecule has 1 amide bonds. The molecule has 0 saturated carbocycles. The number of hydrogen-bond donors (Lipinski definition) is 1. The zero-order chi connectivity index (χ0) is 22.1. The first kappa shape index (κ1) is 20.7. The van der Waals surface area contributed by atoms with Gasteiger partial charge in [-0.15, -0.1) is 11.3 Å². The molecule has 6 nitrogen and oxygen atoms in total. The van der Waals surface area contributed by atoms with Crippen LogP contribution in [0.1, 0.15) is 34.8 Å². The Hall–Kier alpha value is -3.16. The Bertz CT molecular complexity index is 1220. The molecule has 4 heterocycles. The van der Waals surface area contributed by atoms with Crippen LogP contribution in [0, 0.1) is 13.8 Å². The highest BCUT2D eigenvalue weighted by Crippen LogP contribution is 2.33. The summed E-state index contributed by atoms with van der Waals surface area (Å²) < 4.78 is 13.3. The molecule has 0 spiro atoms. The van der Waals surface area contributed by atoms with Gasteiger partial charge in [-0.2, -0.15) is 0 Å². The highest BCUT2D eigenvalue weighted by atomic mass is 32.1. The van der Waals surface area contributed by atoms with Gasteiger partial charge in [-0.05, 0) is 69.2 Å². The summed E-state index contributed by atoms with van der Waals surface area (Å²) in [6.07, 6.45) is 4.08. The number of amides is 1. The molecule has 0 aliphatic carbocycles. The fourth-order valence-electron chi connectivity index (χ4n) is 4.16. The van der Waals surface area contributed by atoms with Crippen LogP contribution in [0.4, 0.5) is 5.69 Å². The molecule has 1 saturated heterocycles. The zero-order valence-electron chi connectivity index (χ0n) is 18.1. The van der Waals surface area contributed by atoms with Gasteiger partial charge in [0.1, 0.15) is 5.01 Å². The van der Waals surface area contributed by atoms with Gasteiger partial charge in [0, 0.05) is 46.7 Å². The van der Waals surface area contributed by atoms with Crippen molar-refractivity contribution < 1.29 is 13.9 Å². The van der Waals surface area contributed by atoms with Crippen molar-refractivity contribution in [3.63, 3.8) is 0 Å². The molecule has 1 aromatic carbocycles. The quantitative estimate of drug-likeness (QED) is 0.398. The third-order valence-corrected chi connectivity index (χ3v) is 6.79. The Morgan fingerprint density at radius 2 is 2.09 bits per heavy atom. The maximum atomic E-state index is 12.1. The van der Waals surface area contributed by atoms with Crippen molar-refractivity contribution in [2.45, 2.75) is 39.3 Å². The molecular weight excluding hydrogens is 422 g/mol. The average molecular weight is 448 g/mol. The van der Waals surface area contributed by atoms with Crippen LogP contribution in [0.5, 0.6) is 0 Å². The van der Waals surface area contributed by atoms with Crippen LogP contribution in [0.15, 0.2) is 58.5 Å². The van der Waals surface area contributed by atoms with Gasteiger partial charge < -0.3 is 19.0 Å². The van der Waals surface area contributed by atoms with E-state index in [4.69, 9.17) is 14.1 Å². The number of nitrogens with one attached hydrogen (secondary N) is 1. The van der Waals surface area contributed by atoms with Gasteiger partial charge in [0.25, 0.3) is 5.91 Å². The van der Waals surface area contributed by atoms with Crippen LogP contribution in [-0.2, 0) is 11.3 Å². The summed E-state index contributed by atoms with van der Waals surface area (Å²) in [6, 6.07) is 13.3. The first-order valence-electron chi connectivity index (χ1n) is 10.8. The highest BCUT2D eigenvalue weighted by molar-refractivity contribution is 7.13. The average Bonchev–Trinajstić information content (AvgIpc) is 3.59. The van der Waals surface area contributed by atoms with Gasteiger partial charge in [-0.25, -0.2) is 4.98 Å². The van der Waals surface area contributed by atoms with Crippen LogP contribution in [0.3, 0.4) is 0 Å². The molecular formula is C25H25N3O3S. The van der Waals surface area contributed by atoms with E-state index in [1.54, 1.807) is 23.5 Å². The van der Waals surface area contributed by atoms with E-state index < -0.39 is 0 Å². The molecule has 7 heteroatoms. The first-order valence-corrected chi connectivity index (χ1v) is 11.7. The zero-order valence-corrected chi connectivity index (χ0v) is 18.9. The Morgan fingerprint density at radius 3 is 2.81 bits per heavy atom. The van der Waals surface area contributed by atoms with Crippen molar-refractivity contribution in [1.82, 2.24) is 9.55 Å². The third kappa shape index (κ3) is 4.13. The standard InChI is InChI=1S/C25H25N3O3S/c1-16-13-21(17(2)28(16)14-20-5-3-11-30-20)22-15-32-25(27-22)18-7-9-19(10-8-18)26-24(29)23-6-4-12-31-23/h4,6-10,12-13,15,20H,3,5,11,14H2,1-2H3,(H,26,29)/t20-/m0/s1. The molecule has 1 aliphatic rings. The number of ether oxygens (including phenoxy) is 1. The molecule has 1 atom stereocenters. The maximum Gasteiger partial charge on any atom is 0.291 e. The van der Waals surface area contributed by atoms with E-state index in [-0.39, 0.29) is 11.7 Å². The van der Waals surface area contributed by atoms with Crippen LogP contribution in [0.25, 0.3) is 21.8 Å². The van der Waals surface area contributed by atoms with E-state index in [0.717, 1.165) is 42.3 Å². The second kappa shape index (κ2) is 8.76. The van der Waals surface area contributed by atoms with Gasteiger partial charge in [-0.3, -0.25) is 4.79 Å². The largest absolute Gasteiger partial charge is 0.459 e. The van der Waals surface area contributed by atoms with Crippen LogP contribution < -0.4 is 5.32 Å². The summed E-state index contributed by atoms with van der Waals surface area (Å²) >= 11 is 1.62. The fourth-order valence-corrected chi connectivity index (χ4v) is 4.99. The lowest BCUT2D eigenvalue weighted by Gasteiger charge is -2.14. The lowest BCUT2D eigenvalue weighted by molar-refractivity contribution is 0.0962. The lowest BCUT2D eigenvalue weighted by Crippen LogP contribution is -2.16. The van der Waals surface area contributed by atoms with Gasteiger partial charge in [0.15, 0.2) is 5.76 Å². The van der Waals surface area contributed by atoms with Crippen molar-refractivity contribution in [2.24, 2.45) is 0 Å². The molecule has 3 aromatic heterocycles. The monoisotopic (exact) mass is 447 g/mol. The second-order valence-corrected chi connectivity index (χ2v) is 8.94. The van der Waals surface area contributed by atoms with Crippen LogP contribution in [-0.4, -0.2) is 28.2 Å². The Balaban J connectivity index is 1.32. The van der Waals surface area contributed by atoms with Crippen LogP contribution in [0.2, 0.25) is 0 Å². The van der Waals surface area contributed by atoms with Crippen molar-refractivity contribution >= 4 is 22.9 Å². The van der Waals surface area contributed by atoms with E-state index in [9.17, 15) is 4.79 Å². The predicted octanol–water partition coefficient (Wildman–Crippen LogP) is 5.92. The Kier molecular flexibility index (Phi) is 5.68. The molecule has 164 valence electrons. The predicted molar refractivity (Wildman–Crippen MR) is 126 cm³/mol. The number of carbonyl (C=O) groups excluding carboxylic acids is 1. The summed E-state index contributed by atoms with van der Waals surface area (Å²) in [5, 5.41) is 5.90. The van der Waals surface area contributed by atoms with E-state index in [0.29, 0.717) is 11.8 Å². The summed E-state index contributed by atoms with van der Waals surface area (Å²) in [4.78, 5) is 17.0. The summed E-state index contributed by atoms with van der Waals surface area (Å²) in [5.74, 6) is 0.0216. The number of nitrogens with zero attached hydrogens (tertiary/aromatic N) is 2. The highest BCUT2D eigenvalue weighted by Gasteiger charge is 2.20. The van der Waals surface area contributed by atoms with Crippen molar-refractivity contribution in [1.29, 1.82) is 0 Å². The maximum absolute atomic E-state index is 12.1. The van der Waals surface area contributed by atoms with Crippen molar-refractivity contribution in [3.05, 3.63) is 71.3 Å². The van der Waals surface area contributed by atoms with Crippen molar-refractivity contribution in [3.8, 4) is 21.8 Å². The number of hydrogen-bond acceptors (Lipinski definition) is 5. The summed E-state index contributed by atoms with van der Waals surface area (Å²) in [5.41, 5.74) is 6.36. The summed E-state index contributed by atoms with van der Waals surface area (Å²) in [7, 11) is 0. The topological polar surface area (TPSA) is 69.3 Å². The number of benzene rings is 1. The molecule has 1 aliphatic heterocycles. The van der Waals surface area contributed by atoms with E-state index in [1.807, 2.05) is 24.3 Å². The van der Waals surface area contributed by atoms with Crippen molar-refractivity contribution in [2.75, 3.05) is 11.9 Å². The number of aryl methyl sites for hydroxylation is 1. The molecule has 32 heavy (non-hydrogen) atoms. The Morgan fingerprint density at radius 1 is 1.25 bits per heavy atom. The van der Waals surface area contributed by atoms with Gasteiger partial charge >= 0.3 is 0 Å². The number of thiazole rings is 1. The van der Waals surface area contributed by atoms with Gasteiger partial charge in [-0.1, -0.05) is 0 Å². The Labute approximate surface area is 190 Å². The van der Waals surface area contributed by atoms with Gasteiger partial charge in [0.2, 0.25) is 0 Å². The number of anilines is 1. The normalized spacial score (nSPS) is 15.9. The summed E-state index contributed by atoms with van der Waals surface area (Å²) in [6.45, 7) is 6.08. The van der Waals surface area contributed by atoms with E-state index in [2.05, 4.69) is 35.2 Å². The number of carbonyl (C=O) groups is 1. The fraction of sp³-hybridized carbons (Fsp3) is 0.280. The molecule has 0 radical (unpaired) electrons. The minimum atomic E-state index is -0.266. The molecule has 4 aromatic rings. The molecule has 1 N–H and O–H groups in total. The number of furan rings is 1.